The van der Waals surface area contributed by atoms with Crippen LogP contribution in [0, 0.1) is 6.92 Å². The minimum atomic E-state index is -0.254. The molecule has 0 bridgehead atoms. The zero-order valence-electron chi connectivity index (χ0n) is 15.0. The summed E-state index contributed by atoms with van der Waals surface area (Å²) in [6.45, 7) is 1.88. The fourth-order valence-electron chi connectivity index (χ4n) is 2.29. The first kappa shape index (κ1) is 19.7. The maximum atomic E-state index is 12.2. The Morgan fingerprint density at radius 3 is 2.69 bits per heavy atom. The lowest BCUT2D eigenvalue weighted by Crippen LogP contribution is -2.34. The van der Waals surface area contributed by atoms with Crippen molar-refractivity contribution in [2.45, 2.75) is 6.92 Å². The van der Waals surface area contributed by atoms with Crippen molar-refractivity contribution >= 4 is 39.5 Å². The van der Waals surface area contributed by atoms with Crippen molar-refractivity contribution in [2.24, 2.45) is 0 Å². The third-order valence-corrected chi connectivity index (χ3v) is 4.22. The van der Waals surface area contributed by atoms with Gasteiger partial charge in [0.25, 0.3) is 0 Å². The van der Waals surface area contributed by atoms with Gasteiger partial charge in [0, 0.05) is 23.3 Å². The highest BCUT2D eigenvalue weighted by atomic mass is 79.9. The molecule has 136 valence electrons. The van der Waals surface area contributed by atoms with Crippen LogP contribution in [0.4, 0.5) is 5.69 Å². The van der Waals surface area contributed by atoms with Crippen LogP contribution in [0.15, 0.2) is 53.0 Å². The van der Waals surface area contributed by atoms with Gasteiger partial charge in [0.2, 0.25) is 11.8 Å². The van der Waals surface area contributed by atoms with Crippen LogP contribution in [0.1, 0.15) is 11.1 Å². The van der Waals surface area contributed by atoms with Gasteiger partial charge in [-0.2, -0.15) is 0 Å². The van der Waals surface area contributed by atoms with E-state index in [1.165, 1.54) is 11.0 Å². The number of anilines is 1. The Kier molecular flexibility index (Phi) is 6.97. The SMILES string of the molecule is COc1cccc(/C=C/C(=O)N(C)CC(=O)Nc2ccc(Br)cc2C)c1. The van der Waals surface area contributed by atoms with Crippen LogP contribution in [0.3, 0.4) is 0 Å². The van der Waals surface area contributed by atoms with Gasteiger partial charge in [0.05, 0.1) is 13.7 Å². The molecule has 0 unspecified atom stereocenters. The molecule has 0 aliphatic carbocycles. The first-order chi connectivity index (χ1) is 12.4. The second-order valence-electron chi connectivity index (χ2n) is 5.81. The molecule has 6 heteroatoms. The molecular weight excluding hydrogens is 396 g/mol. The summed E-state index contributed by atoms with van der Waals surface area (Å²) in [5.41, 5.74) is 2.52. The van der Waals surface area contributed by atoms with Gasteiger partial charge in [0.15, 0.2) is 0 Å². The highest BCUT2D eigenvalue weighted by Gasteiger charge is 2.11. The maximum Gasteiger partial charge on any atom is 0.246 e. The van der Waals surface area contributed by atoms with E-state index in [9.17, 15) is 9.59 Å². The average Bonchev–Trinajstić information content (AvgIpc) is 2.62. The van der Waals surface area contributed by atoms with E-state index in [1.54, 1.807) is 20.2 Å². The second kappa shape index (κ2) is 9.20. The maximum absolute atomic E-state index is 12.2. The molecule has 2 rings (SSSR count). The normalized spacial score (nSPS) is 10.6. The zero-order valence-corrected chi connectivity index (χ0v) is 16.5. The minimum Gasteiger partial charge on any atom is -0.497 e. The molecule has 0 atom stereocenters. The van der Waals surface area contributed by atoms with Crippen LogP contribution >= 0.6 is 15.9 Å². The van der Waals surface area contributed by atoms with E-state index in [2.05, 4.69) is 21.2 Å². The summed E-state index contributed by atoms with van der Waals surface area (Å²) in [6, 6.07) is 13.0. The molecular formula is C20H21BrN2O3. The summed E-state index contributed by atoms with van der Waals surface area (Å²) >= 11 is 3.39. The van der Waals surface area contributed by atoms with E-state index in [0.29, 0.717) is 0 Å². The predicted molar refractivity (Wildman–Crippen MR) is 107 cm³/mol. The molecule has 2 aromatic rings. The topological polar surface area (TPSA) is 58.6 Å². The van der Waals surface area contributed by atoms with Gasteiger partial charge in [-0.3, -0.25) is 9.59 Å². The van der Waals surface area contributed by atoms with Crippen LogP contribution in [0.5, 0.6) is 5.75 Å². The summed E-state index contributed by atoms with van der Waals surface area (Å²) in [5, 5.41) is 2.82. The smallest absolute Gasteiger partial charge is 0.246 e. The fourth-order valence-corrected chi connectivity index (χ4v) is 2.77. The summed E-state index contributed by atoms with van der Waals surface area (Å²) in [6.07, 6.45) is 3.13. The quantitative estimate of drug-likeness (QED) is 0.726. The van der Waals surface area contributed by atoms with Crippen LogP contribution in [-0.4, -0.2) is 37.4 Å². The first-order valence-electron chi connectivity index (χ1n) is 8.02. The molecule has 0 aromatic heterocycles. The van der Waals surface area contributed by atoms with E-state index in [4.69, 9.17) is 4.74 Å². The van der Waals surface area contributed by atoms with Crippen LogP contribution in [0.2, 0.25) is 0 Å². The standard InChI is InChI=1S/C20H21BrN2O3/c1-14-11-16(21)8-9-18(14)22-19(24)13-23(2)20(25)10-7-15-5-4-6-17(12-15)26-3/h4-12H,13H2,1-3H3,(H,22,24)/b10-7+. The molecule has 5 nitrogen and oxygen atoms in total. The molecule has 0 saturated carbocycles. The number of ether oxygens (including phenoxy) is 1. The molecule has 26 heavy (non-hydrogen) atoms. The van der Waals surface area contributed by atoms with E-state index < -0.39 is 0 Å². The number of benzene rings is 2. The van der Waals surface area contributed by atoms with E-state index >= 15 is 0 Å². The third-order valence-electron chi connectivity index (χ3n) is 3.73. The van der Waals surface area contributed by atoms with Crippen LogP contribution in [-0.2, 0) is 9.59 Å². The number of likely N-dealkylation sites (N-methyl/N-ethyl adjacent to an activating group) is 1. The number of methoxy groups -OCH3 is 1. The van der Waals surface area contributed by atoms with Gasteiger partial charge in [0.1, 0.15) is 5.75 Å². The Hall–Kier alpha value is -2.60. The molecule has 0 aliphatic rings. The van der Waals surface area contributed by atoms with Gasteiger partial charge < -0.3 is 15.0 Å². The number of hydrogen-bond donors (Lipinski definition) is 1. The number of rotatable bonds is 6. The van der Waals surface area contributed by atoms with Crippen molar-refractivity contribution in [1.29, 1.82) is 0 Å². The highest BCUT2D eigenvalue weighted by molar-refractivity contribution is 9.10. The number of aryl methyl sites for hydroxylation is 1. The summed E-state index contributed by atoms with van der Waals surface area (Å²) in [4.78, 5) is 25.7. The van der Waals surface area contributed by atoms with E-state index in [1.807, 2.05) is 49.4 Å². The Labute approximate surface area is 161 Å². The summed E-state index contributed by atoms with van der Waals surface area (Å²) in [7, 11) is 3.18. The Morgan fingerprint density at radius 1 is 1.23 bits per heavy atom. The molecule has 2 amide bonds. The minimum absolute atomic E-state index is 0.0310. The van der Waals surface area contributed by atoms with Crippen LogP contribution < -0.4 is 10.1 Å². The van der Waals surface area contributed by atoms with Crippen molar-refractivity contribution < 1.29 is 14.3 Å². The van der Waals surface area contributed by atoms with Gasteiger partial charge in [-0.25, -0.2) is 0 Å². The van der Waals surface area contributed by atoms with Gasteiger partial charge in [-0.15, -0.1) is 0 Å². The molecule has 0 aliphatic heterocycles. The van der Waals surface area contributed by atoms with Crippen molar-refractivity contribution in [3.8, 4) is 5.75 Å². The lowest BCUT2D eigenvalue weighted by Gasteiger charge is -2.15. The van der Waals surface area contributed by atoms with Gasteiger partial charge in [-0.05, 0) is 54.5 Å². The molecule has 0 saturated heterocycles. The second-order valence-corrected chi connectivity index (χ2v) is 6.73. The van der Waals surface area contributed by atoms with E-state index in [-0.39, 0.29) is 18.4 Å². The number of hydrogen-bond acceptors (Lipinski definition) is 3. The number of nitrogens with one attached hydrogen (secondary N) is 1. The third kappa shape index (κ3) is 5.74. The number of carbonyl (C=O) groups excluding carboxylic acids is 2. The zero-order chi connectivity index (χ0) is 19.1. The number of carbonyl (C=O) groups is 2. The number of nitrogens with zero attached hydrogens (tertiary/aromatic N) is 1. The van der Waals surface area contributed by atoms with Crippen molar-refractivity contribution in [3.63, 3.8) is 0 Å². The lowest BCUT2D eigenvalue weighted by atomic mass is 10.2. The van der Waals surface area contributed by atoms with Crippen molar-refractivity contribution in [1.82, 2.24) is 4.90 Å². The molecule has 1 N–H and O–H groups in total. The molecule has 0 spiro atoms. The van der Waals surface area contributed by atoms with Crippen molar-refractivity contribution in [2.75, 3.05) is 26.0 Å². The first-order valence-corrected chi connectivity index (χ1v) is 8.81. The van der Waals surface area contributed by atoms with Crippen molar-refractivity contribution in [3.05, 3.63) is 64.1 Å². The molecule has 0 fully saturated rings. The summed E-state index contributed by atoms with van der Waals surface area (Å²) in [5.74, 6) is 0.216. The Balaban J connectivity index is 1.93. The predicted octanol–water partition coefficient (Wildman–Crippen LogP) is 3.88. The average molecular weight is 417 g/mol. The van der Waals surface area contributed by atoms with Crippen LogP contribution in [0.25, 0.3) is 6.08 Å². The fraction of sp³-hybridized carbons (Fsp3) is 0.200. The monoisotopic (exact) mass is 416 g/mol. The number of amides is 2. The molecule has 0 heterocycles. The molecule has 2 aromatic carbocycles. The Morgan fingerprint density at radius 2 is 2.00 bits per heavy atom. The van der Waals surface area contributed by atoms with Gasteiger partial charge >= 0.3 is 0 Å². The van der Waals surface area contributed by atoms with Gasteiger partial charge in [-0.1, -0.05) is 28.1 Å². The summed E-state index contributed by atoms with van der Waals surface area (Å²) < 4.78 is 6.10. The lowest BCUT2D eigenvalue weighted by molar-refractivity contribution is -0.129. The highest BCUT2D eigenvalue weighted by Crippen LogP contribution is 2.20. The Bertz CT molecular complexity index is 834. The molecule has 0 radical (unpaired) electrons. The van der Waals surface area contributed by atoms with E-state index in [0.717, 1.165) is 27.0 Å². The number of halogens is 1. The largest absolute Gasteiger partial charge is 0.497 e.